The number of carbonyl (C=O) groups excluding carboxylic acids is 1. The number of aromatic nitrogens is 3. The third-order valence-electron chi connectivity index (χ3n) is 5.19. The largest absolute Gasteiger partial charge is 0.390 e. The topological polar surface area (TPSA) is 134 Å². The second kappa shape index (κ2) is 8.57. The molecule has 0 radical (unpaired) electrons. The third-order valence-corrected chi connectivity index (χ3v) is 7.90. The Kier molecular flexibility index (Phi) is 5.97. The predicted octanol–water partition coefficient (Wildman–Crippen LogP) is 2.91. The van der Waals surface area contributed by atoms with Gasteiger partial charge in [-0.1, -0.05) is 12.1 Å². The van der Waals surface area contributed by atoms with Crippen molar-refractivity contribution >= 4 is 38.1 Å². The van der Waals surface area contributed by atoms with Gasteiger partial charge in [-0.15, -0.1) is 11.3 Å². The van der Waals surface area contributed by atoms with Gasteiger partial charge in [0.05, 0.1) is 46.7 Å². The van der Waals surface area contributed by atoms with Crippen LogP contribution in [0.2, 0.25) is 0 Å². The number of aliphatic hydroxyl groups excluding tert-OH is 1. The van der Waals surface area contributed by atoms with Crippen molar-refractivity contribution in [1.29, 1.82) is 0 Å². The summed E-state index contributed by atoms with van der Waals surface area (Å²) in [6.45, 7) is 3.28. The van der Waals surface area contributed by atoms with Gasteiger partial charge in [0.2, 0.25) is 15.9 Å². The number of thiazole rings is 1. The fraction of sp³-hybridized carbons (Fsp3) is 0.333. The van der Waals surface area contributed by atoms with Gasteiger partial charge in [0.1, 0.15) is 0 Å². The summed E-state index contributed by atoms with van der Waals surface area (Å²) in [5.41, 5.74) is 2.02. The maximum absolute atomic E-state index is 13.0. The standard InChI is InChI=1S/C21H23N5O4S2/c1-21(2,18-12-31-20(25-18)26-32(29,30)16-7-8-16)19(28)24-14-5-3-13(4-6-14)17-10-22-9-15(11-27)23-17/h3-6,9-10,12,16,27H,7-8,11H2,1-2H3,(H,24,28)(H,25,26). The lowest BCUT2D eigenvalue weighted by molar-refractivity contribution is -0.120. The number of amides is 1. The van der Waals surface area contributed by atoms with E-state index >= 15 is 0 Å². The van der Waals surface area contributed by atoms with E-state index in [0.29, 0.717) is 35.6 Å². The third kappa shape index (κ3) is 4.79. The van der Waals surface area contributed by atoms with Crippen molar-refractivity contribution in [2.24, 2.45) is 0 Å². The van der Waals surface area contributed by atoms with Crippen LogP contribution in [0.1, 0.15) is 38.1 Å². The zero-order valence-corrected chi connectivity index (χ0v) is 19.2. The van der Waals surface area contributed by atoms with Crippen LogP contribution in [0.3, 0.4) is 0 Å². The van der Waals surface area contributed by atoms with Gasteiger partial charge in [-0.05, 0) is 38.8 Å². The summed E-state index contributed by atoms with van der Waals surface area (Å²) in [6.07, 6.45) is 4.44. The van der Waals surface area contributed by atoms with E-state index in [1.165, 1.54) is 6.20 Å². The molecule has 3 N–H and O–H groups in total. The smallest absolute Gasteiger partial charge is 0.237 e. The summed E-state index contributed by atoms with van der Waals surface area (Å²) in [7, 11) is -3.40. The molecule has 32 heavy (non-hydrogen) atoms. The van der Waals surface area contributed by atoms with Crippen LogP contribution in [0.15, 0.2) is 42.0 Å². The Morgan fingerprint density at radius 3 is 2.56 bits per heavy atom. The predicted molar refractivity (Wildman–Crippen MR) is 123 cm³/mol. The molecule has 4 rings (SSSR count). The van der Waals surface area contributed by atoms with Crippen LogP contribution < -0.4 is 10.0 Å². The Balaban J connectivity index is 1.44. The molecular weight excluding hydrogens is 450 g/mol. The molecule has 1 aliphatic carbocycles. The van der Waals surface area contributed by atoms with E-state index in [1.807, 2.05) is 0 Å². The van der Waals surface area contributed by atoms with Gasteiger partial charge in [-0.25, -0.2) is 18.4 Å². The molecule has 0 aliphatic heterocycles. The lowest BCUT2D eigenvalue weighted by Crippen LogP contribution is -2.35. The average Bonchev–Trinajstić information content (AvgIpc) is 3.54. The summed E-state index contributed by atoms with van der Waals surface area (Å²) in [5, 5.41) is 13.7. The SMILES string of the molecule is CC(C)(C(=O)Nc1ccc(-c2cncc(CO)n2)cc1)c1csc(NS(=O)(=O)C2CC2)n1. The zero-order valence-electron chi connectivity index (χ0n) is 17.6. The highest BCUT2D eigenvalue weighted by Crippen LogP contribution is 2.33. The summed E-state index contributed by atoms with van der Waals surface area (Å²) in [5.74, 6) is -0.269. The van der Waals surface area contributed by atoms with Crippen molar-refractivity contribution in [3.63, 3.8) is 0 Å². The molecule has 2 heterocycles. The second-order valence-electron chi connectivity index (χ2n) is 8.09. The molecule has 0 saturated heterocycles. The molecule has 0 atom stereocenters. The van der Waals surface area contributed by atoms with Crippen LogP contribution in [-0.4, -0.2) is 39.6 Å². The van der Waals surface area contributed by atoms with E-state index in [0.717, 1.165) is 16.9 Å². The molecule has 1 aromatic carbocycles. The quantitative estimate of drug-likeness (QED) is 0.458. The Bertz CT molecular complexity index is 1240. The first-order chi connectivity index (χ1) is 15.2. The Morgan fingerprint density at radius 1 is 1.19 bits per heavy atom. The van der Waals surface area contributed by atoms with Crippen molar-refractivity contribution in [3.05, 3.63) is 53.4 Å². The maximum atomic E-state index is 13.0. The summed E-state index contributed by atoms with van der Waals surface area (Å²) >= 11 is 1.16. The van der Waals surface area contributed by atoms with Gasteiger partial charge in [0.25, 0.3) is 0 Å². The van der Waals surface area contributed by atoms with Crippen LogP contribution in [-0.2, 0) is 26.8 Å². The van der Waals surface area contributed by atoms with E-state index < -0.39 is 15.4 Å². The zero-order chi connectivity index (χ0) is 22.9. The number of rotatable bonds is 8. The van der Waals surface area contributed by atoms with Crippen LogP contribution in [0.5, 0.6) is 0 Å². The molecule has 11 heteroatoms. The molecule has 1 fully saturated rings. The van der Waals surface area contributed by atoms with Gasteiger partial charge in [-0.2, -0.15) is 0 Å². The van der Waals surface area contributed by atoms with E-state index in [2.05, 4.69) is 25.0 Å². The van der Waals surface area contributed by atoms with E-state index in [1.54, 1.807) is 49.7 Å². The van der Waals surface area contributed by atoms with Gasteiger partial charge >= 0.3 is 0 Å². The minimum absolute atomic E-state index is 0.190. The Hall–Kier alpha value is -2.89. The minimum atomic E-state index is -3.40. The maximum Gasteiger partial charge on any atom is 0.237 e. The van der Waals surface area contributed by atoms with Gasteiger partial charge in [0, 0.05) is 16.6 Å². The molecular formula is C21H23N5O4S2. The molecule has 1 aliphatic rings. The average molecular weight is 474 g/mol. The number of carbonyl (C=O) groups is 1. The van der Waals surface area contributed by atoms with Gasteiger partial charge < -0.3 is 10.4 Å². The summed E-state index contributed by atoms with van der Waals surface area (Å²) in [6, 6.07) is 7.13. The van der Waals surface area contributed by atoms with Crippen molar-refractivity contribution in [1.82, 2.24) is 15.0 Å². The van der Waals surface area contributed by atoms with Crippen LogP contribution in [0.4, 0.5) is 10.8 Å². The first-order valence-corrected chi connectivity index (χ1v) is 12.4. The molecule has 1 saturated carbocycles. The first kappa shape index (κ1) is 22.3. The number of aliphatic hydroxyl groups is 1. The number of hydrogen-bond donors (Lipinski definition) is 3. The monoisotopic (exact) mass is 473 g/mol. The Labute approximate surface area is 190 Å². The molecule has 3 aromatic rings. The molecule has 2 aromatic heterocycles. The number of benzene rings is 1. The minimum Gasteiger partial charge on any atom is -0.390 e. The summed E-state index contributed by atoms with van der Waals surface area (Å²) in [4.78, 5) is 25.7. The Morgan fingerprint density at radius 2 is 1.91 bits per heavy atom. The number of hydrogen-bond acceptors (Lipinski definition) is 8. The lowest BCUT2D eigenvalue weighted by atomic mass is 9.89. The number of nitrogens with one attached hydrogen (secondary N) is 2. The molecule has 0 unspecified atom stereocenters. The molecule has 168 valence electrons. The fourth-order valence-electron chi connectivity index (χ4n) is 2.94. The highest BCUT2D eigenvalue weighted by Gasteiger charge is 2.37. The van der Waals surface area contributed by atoms with Gasteiger partial charge in [-0.3, -0.25) is 14.5 Å². The number of anilines is 2. The second-order valence-corrected chi connectivity index (χ2v) is 10.9. The fourth-order valence-corrected chi connectivity index (χ4v) is 5.42. The van der Waals surface area contributed by atoms with Crippen LogP contribution >= 0.6 is 11.3 Å². The molecule has 1 amide bonds. The van der Waals surface area contributed by atoms with E-state index in [9.17, 15) is 18.3 Å². The van der Waals surface area contributed by atoms with E-state index in [-0.39, 0.29) is 22.9 Å². The molecule has 9 nitrogen and oxygen atoms in total. The summed E-state index contributed by atoms with van der Waals surface area (Å²) < 4.78 is 26.7. The normalized spacial score (nSPS) is 14.2. The lowest BCUT2D eigenvalue weighted by Gasteiger charge is -2.21. The van der Waals surface area contributed by atoms with Crippen molar-refractivity contribution < 1.29 is 18.3 Å². The highest BCUT2D eigenvalue weighted by atomic mass is 32.2. The van der Waals surface area contributed by atoms with Gasteiger partial charge in [0.15, 0.2) is 5.13 Å². The number of nitrogens with zero attached hydrogens (tertiary/aromatic N) is 3. The molecule has 0 spiro atoms. The van der Waals surface area contributed by atoms with Crippen molar-refractivity contribution in [2.75, 3.05) is 10.0 Å². The van der Waals surface area contributed by atoms with Crippen molar-refractivity contribution in [3.8, 4) is 11.3 Å². The van der Waals surface area contributed by atoms with Crippen LogP contribution in [0.25, 0.3) is 11.3 Å². The van der Waals surface area contributed by atoms with E-state index in [4.69, 9.17) is 0 Å². The van der Waals surface area contributed by atoms with Crippen LogP contribution in [0, 0.1) is 0 Å². The number of sulfonamides is 1. The molecule has 0 bridgehead atoms. The first-order valence-electron chi connectivity index (χ1n) is 10.0. The highest BCUT2D eigenvalue weighted by molar-refractivity contribution is 7.93. The van der Waals surface area contributed by atoms with Crippen molar-refractivity contribution in [2.45, 2.75) is 44.0 Å².